The van der Waals surface area contributed by atoms with Crippen molar-refractivity contribution in [3.05, 3.63) is 66.5 Å². The predicted molar refractivity (Wildman–Crippen MR) is 74.9 cm³/mol. The van der Waals surface area contributed by atoms with Gasteiger partial charge in [-0.3, -0.25) is 0 Å². The maximum atomic E-state index is 4.58. The Labute approximate surface area is 112 Å². The molecule has 0 N–H and O–H groups in total. The van der Waals surface area contributed by atoms with Gasteiger partial charge in [0.1, 0.15) is 5.69 Å². The molecular weight excluding hydrogens is 234 g/mol. The smallest absolute Gasteiger partial charge is 0.196 e. The van der Waals surface area contributed by atoms with Crippen LogP contribution in [0.2, 0.25) is 0 Å². The number of para-hydroxylation sites is 1. The number of rotatable bonds is 2. The zero-order valence-corrected chi connectivity index (χ0v) is 11.1. The van der Waals surface area contributed by atoms with Gasteiger partial charge < -0.3 is 0 Å². The lowest BCUT2D eigenvalue weighted by molar-refractivity contribution is -0.585. The van der Waals surface area contributed by atoms with E-state index in [0.717, 1.165) is 17.1 Å². The summed E-state index contributed by atoms with van der Waals surface area (Å²) in [4.78, 5) is 0. The summed E-state index contributed by atoms with van der Waals surface area (Å²) < 4.78 is 3.97. The van der Waals surface area contributed by atoms with Gasteiger partial charge in [0, 0.05) is 5.10 Å². The average molecular weight is 250 g/mol. The highest BCUT2D eigenvalue weighted by Crippen LogP contribution is 2.15. The second-order valence-electron chi connectivity index (χ2n) is 4.64. The minimum absolute atomic E-state index is 0.956. The van der Waals surface area contributed by atoms with Crippen LogP contribution in [0.5, 0.6) is 0 Å². The number of nitrogens with zero attached hydrogens (tertiary/aromatic N) is 3. The SMILES string of the molecule is Cc1ccccc1-[n+]1cn(C)nc1-c1ccccc1. The quantitative estimate of drug-likeness (QED) is 0.641. The van der Waals surface area contributed by atoms with Crippen LogP contribution < -0.4 is 4.57 Å². The van der Waals surface area contributed by atoms with Gasteiger partial charge in [0.2, 0.25) is 6.33 Å². The highest BCUT2D eigenvalue weighted by Gasteiger charge is 2.19. The van der Waals surface area contributed by atoms with Crippen molar-refractivity contribution in [2.75, 3.05) is 0 Å². The van der Waals surface area contributed by atoms with Crippen LogP contribution in [-0.4, -0.2) is 9.78 Å². The second-order valence-corrected chi connectivity index (χ2v) is 4.64. The molecule has 0 aliphatic heterocycles. The molecule has 1 heterocycles. The fourth-order valence-electron chi connectivity index (χ4n) is 2.24. The summed E-state index contributed by atoms with van der Waals surface area (Å²) >= 11 is 0. The third kappa shape index (κ3) is 2.15. The molecule has 94 valence electrons. The summed E-state index contributed by atoms with van der Waals surface area (Å²) in [5, 5.41) is 4.58. The second kappa shape index (κ2) is 4.69. The van der Waals surface area contributed by atoms with E-state index in [4.69, 9.17) is 0 Å². The van der Waals surface area contributed by atoms with Gasteiger partial charge in [-0.05, 0) is 30.7 Å². The van der Waals surface area contributed by atoms with E-state index in [1.54, 1.807) is 0 Å². The first-order valence-corrected chi connectivity index (χ1v) is 6.32. The Bertz CT molecular complexity index is 699. The van der Waals surface area contributed by atoms with Gasteiger partial charge in [0.25, 0.3) is 0 Å². The molecule has 0 saturated carbocycles. The minimum atomic E-state index is 0.956. The molecule has 0 aliphatic carbocycles. The highest BCUT2D eigenvalue weighted by atomic mass is 15.4. The van der Waals surface area contributed by atoms with Crippen LogP contribution in [0.1, 0.15) is 5.56 Å². The van der Waals surface area contributed by atoms with Crippen LogP contribution in [0.4, 0.5) is 0 Å². The maximum absolute atomic E-state index is 4.58. The van der Waals surface area contributed by atoms with E-state index in [9.17, 15) is 0 Å². The first-order valence-electron chi connectivity index (χ1n) is 6.32. The van der Waals surface area contributed by atoms with Crippen molar-refractivity contribution < 1.29 is 4.57 Å². The van der Waals surface area contributed by atoms with Crippen LogP contribution >= 0.6 is 0 Å². The first kappa shape index (κ1) is 11.7. The lowest BCUT2D eigenvalue weighted by atomic mass is 10.1. The lowest BCUT2D eigenvalue weighted by Crippen LogP contribution is -2.32. The number of benzene rings is 2. The minimum Gasteiger partial charge on any atom is -0.196 e. The van der Waals surface area contributed by atoms with Crippen molar-refractivity contribution in [2.45, 2.75) is 6.92 Å². The Balaban J connectivity index is 2.21. The predicted octanol–water partition coefficient (Wildman–Crippen LogP) is 2.67. The average Bonchev–Trinajstić information content (AvgIpc) is 2.82. The lowest BCUT2D eigenvalue weighted by Gasteiger charge is -2.03. The van der Waals surface area contributed by atoms with Crippen LogP contribution in [0.15, 0.2) is 60.9 Å². The Morgan fingerprint density at radius 3 is 2.37 bits per heavy atom. The van der Waals surface area contributed by atoms with Gasteiger partial charge in [-0.1, -0.05) is 36.4 Å². The van der Waals surface area contributed by atoms with E-state index in [-0.39, 0.29) is 0 Å². The zero-order chi connectivity index (χ0) is 13.2. The molecule has 0 aliphatic rings. The Morgan fingerprint density at radius 1 is 0.947 bits per heavy atom. The molecule has 3 heteroatoms. The van der Waals surface area contributed by atoms with E-state index in [1.807, 2.05) is 36.3 Å². The molecule has 0 bridgehead atoms. The van der Waals surface area contributed by atoms with Gasteiger partial charge in [0.15, 0.2) is 0 Å². The summed E-state index contributed by atoms with van der Waals surface area (Å²) in [5.74, 6) is 0.956. The van der Waals surface area contributed by atoms with Crippen molar-refractivity contribution in [3.63, 3.8) is 0 Å². The van der Waals surface area contributed by atoms with E-state index in [0.29, 0.717) is 0 Å². The van der Waals surface area contributed by atoms with Crippen molar-refractivity contribution in [2.24, 2.45) is 7.05 Å². The number of hydrogen-bond donors (Lipinski definition) is 0. The Morgan fingerprint density at radius 2 is 1.63 bits per heavy atom. The molecule has 0 fully saturated rings. The normalized spacial score (nSPS) is 10.6. The first-order chi connectivity index (χ1) is 9.25. The standard InChI is InChI=1S/C16H16N3/c1-13-8-6-7-11-15(13)19-12-18(2)17-16(19)14-9-4-3-5-10-14/h3-12H,1-2H3/q+1. The summed E-state index contributed by atoms with van der Waals surface area (Å²) in [6.07, 6.45) is 2.00. The molecule has 3 aromatic rings. The van der Waals surface area contributed by atoms with E-state index in [2.05, 4.69) is 53.0 Å². The molecule has 3 rings (SSSR count). The summed E-state index contributed by atoms with van der Waals surface area (Å²) in [6, 6.07) is 18.6. The summed E-state index contributed by atoms with van der Waals surface area (Å²) in [5.41, 5.74) is 3.51. The molecule has 0 radical (unpaired) electrons. The maximum Gasteiger partial charge on any atom is 0.313 e. The fraction of sp³-hybridized carbons (Fsp3) is 0.125. The van der Waals surface area contributed by atoms with Crippen molar-refractivity contribution in [3.8, 4) is 17.1 Å². The van der Waals surface area contributed by atoms with Crippen LogP contribution in [0.3, 0.4) is 0 Å². The number of aromatic nitrogens is 3. The molecule has 19 heavy (non-hydrogen) atoms. The highest BCUT2D eigenvalue weighted by molar-refractivity contribution is 5.52. The van der Waals surface area contributed by atoms with Crippen molar-refractivity contribution in [1.29, 1.82) is 0 Å². The summed E-state index contributed by atoms with van der Waals surface area (Å²) in [6.45, 7) is 2.12. The zero-order valence-electron chi connectivity index (χ0n) is 11.1. The number of aryl methyl sites for hydroxylation is 2. The van der Waals surface area contributed by atoms with Gasteiger partial charge in [-0.25, -0.2) is 0 Å². The van der Waals surface area contributed by atoms with Gasteiger partial charge in [-0.15, -0.1) is 4.68 Å². The third-order valence-electron chi connectivity index (χ3n) is 3.17. The monoisotopic (exact) mass is 250 g/mol. The fourth-order valence-corrected chi connectivity index (χ4v) is 2.24. The van der Waals surface area contributed by atoms with Gasteiger partial charge in [-0.2, -0.15) is 4.57 Å². The Hall–Kier alpha value is -2.42. The molecule has 0 spiro atoms. The topological polar surface area (TPSA) is 21.7 Å². The molecule has 3 nitrogen and oxygen atoms in total. The van der Waals surface area contributed by atoms with Crippen molar-refractivity contribution in [1.82, 2.24) is 9.78 Å². The molecule has 0 atom stereocenters. The summed E-state index contributed by atoms with van der Waals surface area (Å²) in [7, 11) is 1.95. The number of hydrogen-bond acceptors (Lipinski definition) is 1. The Kier molecular flexibility index (Phi) is 2.88. The molecule has 0 unspecified atom stereocenters. The molecule has 1 aromatic heterocycles. The van der Waals surface area contributed by atoms with Crippen molar-refractivity contribution >= 4 is 0 Å². The van der Waals surface area contributed by atoms with E-state index >= 15 is 0 Å². The van der Waals surface area contributed by atoms with Crippen LogP contribution in [0.25, 0.3) is 17.1 Å². The molecular formula is C16H16N3+. The van der Waals surface area contributed by atoms with E-state index < -0.39 is 0 Å². The van der Waals surface area contributed by atoms with Crippen LogP contribution in [-0.2, 0) is 7.05 Å². The van der Waals surface area contributed by atoms with E-state index in [1.165, 1.54) is 5.56 Å². The largest absolute Gasteiger partial charge is 0.313 e. The van der Waals surface area contributed by atoms with Gasteiger partial charge in [0.05, 0.1) is 12.6 Å². The molecule has 2 aromatic carbocycles. The third-order valence-corrected chi connectivity index (χ3v) is 3.17. The van der Waals surface area contributed by atoms with Gasteiger partial charge >= 0.3 is 5.82 Å². The molecule has 0 amide bonds. The molecule has 0 saturated heterocycles. The van der Waals surface area contributed by atoms with Crippen LogP contribution in [0, 0.1) is 6.92 Å².